The van der Waals surface area contributed by atoms with E-state index in [1.807, 2.05) is 43.0 Å². The molecule has 1 atom stereocenters. The van der Waals surface area contributed by atoms with Gasteiger partial charge < -0.3 is 5.32 Å². The zero-order chi connectivity index (χ0) is 14.8. The van der Waals surface area contributed by atoms with Crippen LogP contribution in [0.25, 0.3) is 0 Å². The number of rotatable bonds is 4. The second-order valence-electron chi connectivity index (χ2n) is 5.00. The van der Waals surface area contributed by atoms with Crippen LogP contribution in [0.15, 0.2) is 47.4 Å². The Labute approximate surface area is 127 Å². The van der Waals surface area contributed by atoms with Crippen LogP contribution in [0.3, 0.4) is 0 Å². The number of fused-ring (bicyclic) bond motifs is 1. The van der Waals surface area contributed by atoms with E-state index < -0.39 is 0 Å². The summed E-state index contributed by atoms with van der Waals surface area (Å²) in [5.74, 6) is 0.947. The van der Waals surface area contributed by atoms with Gasteiger partial charge in [0, 0.05) is 28.0 Å². The number of nitrogens with one attached hydrogen (secondary N) is 1. The third-order valence-corrected chi connectivity index (χ3v) is 4.89. The van der Waals surface area contributed by atoms with Gasteiger partial charge in [-0.3, -0.25) is 10.1 Å². The molecule has 5 heteroatoms. The summed E-state index contributed by atoms with van der Waals surface area (Å²) in [6.07, 6.45) is 0.665. The fraction of sp³-hybridized carbons (Fsp3) is 0.250. The first kappa shape index (κ1) is 13.9. The van der Waals surface area contributed by atoms with E-state index in [9.17, 15) is 10.1 Å². The molecule has 0 radical (unpaired) electrons. The van der Waals surface area contributed by atoms with Crippen molar-refractivity contribution in [2.75, 3.05) is 11.1 Å². The van der Waals surface area contributed by atoms with Crippen LogP contribution in [-0.2, 0) is 6.42 Å². The number of benzene rings is 2. The van der Waals surface area contributed by atoms with E-state index in [1.165, 1.54) is 10.5 Å². The second kappa shape index (κ2) is 5.77. The number of nitro groups is 1. The molecule has 1 unspecified atom stereocenters. The normalized spacial score (nSPS) is 16.5. The molecule has 108 valence electrons. The monoisotopic (exact) mass is 300 g/mol. The van der Waals surface area contributed by atoms with Crippen LogP contribution >= 0.6 is 11.8 Å². The van der Waals surface area contributed by atoms with Gasteiger partial charge in [0.25, 0.3) is 5.69 Å². The highest BCUT2D eigenvalue weighted by molar-refractivity contribution is 7.99. The molecule has 0 amide bonds. The van der Waals surface area contributed by atoms with Crippen molar-refractivity contribution in [2.45, 2.75) is 24.3 Å². The summed E-state index contributed by atoms with van der Waals surface area (Å²) in [7, 11) is 0. The molecule has 21 heavy (non-hydrogen) atoms. The van der Waals surface area contributed by atoms with E-state index in [0.29, 0.717) is 6.42 Å². The van der Waals surface area contributed by atoms with Crippen LogP contribution in [0.5, 0.6) is 0 Å². The smallest absolute Gasteiger partial charge is 0.274 e. The second-order valence-corrected chi connectivity index (χ2v) is 6.06. The Morgan fingerprint density at radius 2 is 2.14 bits per heavy atom. The predicted octanol–water partition coefficient (Wildman–Crippen LogP) is 4.42. The summed E-state index contributed by atoms with van der Waals surface area (Å²) in [6.45, 7) is 1.93. The maximum atomic E-state index is 11.1. The third kappa shape index (κ3) is 2.74. The summed E-state index contributed by atoms with van der Waals surface area (Å²) in [5.41, 5.74) is 3.04. The molecule has 1 aliphatic rings. The topological polar surface area (TPSA) is 55.2 Å². The highest BCUT2D eigenvalue weighted by atomic mass is 32.2. The third-order valence-electron chi connectivity index (χ3n) is 3.70. The predicted molar refractivity (Wildman–Crippen MR) is 86.0 cm³/mol. The van der Waals surface area contributed by atoms with Crippen LogP contribution in [0.4, 0.5) is 11.4 Å². The van der Waals surface area contributed by atoms with E-state index in [-0.39, 0.29) is 16.7 Å². The minimum absolute atomic E-state index is 0.196. The Kier molecular flexibility index (Phi) is 3.84. The first-order chi connectivity index (χ1) is 10.2. The van der Waals surface area contributed by atoms with Crippen molar-refractivity contribution >= 4 is 23.1 Å². The van der Waals surface area contributed by atoms with Gasteiger partial charge in [0.1, 0.15) is 0 Å². The molecule has 0 spiro atoms. The molecule has 2 aromatic rings. The highest BCUT2D eigenvalue weighted by Crippen LogP contribution is 2.40. The summed E-state index contributed by atoms with van der Waals surface area (Å²) < 4.78 is 0. The molecular weight excluding hydrogens is 284 g/mol. The number of hydrogen-bond acceptors (Lipinski definition) is 4. The van der Waals surface area contributed by atoms with Crippen molar-refractivity contribution in [1.82, 2.24) is 0 Å². The van der Waals surface area contributed by atoms with E-state index in [0.717, 1.165) is 17.0 Å². The maximum absolute atomic E-state index is 11.1. The Balaban J connectivity index is 1.86. The minimum atomic E-state index is -0.304. The first-order valence-electron chi connectivity index (χ1n) is 6.94. The maximum Gasteiger partial charge on any atom is 0.274 e. The van der Waals surface area contributed by atoms with Gasteiger partial charge in [-0.05, 0) is 24.1 Å². The summed E-state index contributed by atoms with van der Waals surface area (Å²) in [6, 6.07) is 13.9. The van der Waals surface area contributed by atoms with Gasteiger partial charge >= 0.3 is 0 Å². The number of nitrogens with zero attached hydrogens (tertiary/aromatic N) is 1. The van der Waals surface area contributed by atoms with Crippen LogP contribution in [0, 0.1) is 10.1 Å². The largest absolute Gasteiger partial charge is 0.377 e. The fourth-order valence-corrected chi connectivity index (χ4v) is 3.77. The molecule has 4 nitrogen and oxygen atoms in total. The van der Waals surface area contributed by atoms with Crippen LogP contribution < -0.4 is 5.32 Å². The highest BCUT2D eigenvalue weighted by Gasteiger charge is 2.23. The standard InChI is InChI=1S/C16H16N2O2S/c1-2-11-7-8-12(9-15(11)18(19)20)17-14-10-21-16-6-4-3-5-13(14)16/h3-9,14,17H,2,10H2,1H3. The summed E-state index contributed by atoms with van der Waals surface area (Å²) in [4.78, 5) is 12.1. The first-order valence-corrected chi connectivity index (χ1v) is 7.93. The lowest BCUT2D eigenvalue weighted by molar-refractivity contribution is -0.385. The van der Waals surface area contributed by atoms with Gasteiger partial charge in [0.15, 0.2) is 0 Å². The molecule has 2 aromatic carbocycles. The van der Waals surface area contributed by atoms with Crippen LogP contribution in [0.1, 0.15) is 24.1 Å². The van der Waals surface area contributed by atoms with E-state index in [4.69, 9.17) is 0 Å². The number of anilines is 1. The van der Waals surface area contributed by atoms with Crippen LogP contribution in [0.2, 0.25) is 0 Å². The lowest BCUT2D eigenvalue weighted by Crippen LogP contribution is -2.10. The fourth-order valence-electron chi connectivity index (χ4n) is 2.61. The zero-order valence-electron chi connectivity index (χ0n) is 11.7. The molecule has 1 N–H and O–H groups in total. The number of aryl methyl sites for hydroxylation is 1. The molecular formula is C16H16N2O2S. The lowest BCUT2D eigenvalue weighted by Gasteiger charge is -2.15. The molecule has 0 aliphatic carbocycles. The van der Waals surface area contributed by atoms with Crippen molar-refractivity contribution < 1.29 is 4.92 Å². The summed E-state index contributed by atoms with van der Waals surface area (Å²) >= 11 is 1.82. The molecule has 0 saturated carbocycles. The SMILES string of the molecule is CCc1ccc(NC2CSc3ccccc32)cc1[N+](=O)[O-]. The molecule has 0 saturated heterocycles. The van der Waals surface area contributed by atoms with Gasteiger partial charge in [-0.2, -0.15) is 0 Å². The molecule has 3 rings (SSSR count). The van der Waals surface area contributed by atoms with Crippen molar-refractivity contribution in [3.05, 3.63) is 63.7 Å². The molecule has 0 aromatic heterocycles. The Morgan fingerprint density at radius 1 is 1.33 bits per heavy atom. The van der Waals surface area contributed by atoms with Crippen LogP contribution in [-0.4, -0.2) is 10.7 Å². The molecule has 0 fully saturated rings. The van der Waals surface area contributed by atoms with Crippen molar-refractivity contribution in [3.8, 4) is 0 Å². The van der Waals surface area contributed by atoms with Gasteiger partial charge in [0.2, 0.25) is 0 Å². The average molecular weight is 300 g/mol. The summed E-state index contributed by atoms with van der Waals surface area (Å²) in [5, 5.41) is 14.6. The Hall–Kier alpha value is -2.01. The minimum Gasteiger partial charge on any atom is -0.377 e. The number of nitro benzene ring substituents is 1. The Morgan fingerprint density at radius 3 is 2.90 bits per heavy atom. The zero-order valence-corrected chi connectivity index (χ0v) is 12.5. The molecule has 0 bridgehead atoms. The molecule has 1 aliphatic heterocycles. The number of thioether (sulfide) groups is 1. The quantitative estimate of drug-likeness (QED) is 0.671. The Bertz CT molecular complexity index is 688. The average Bonchev–Trinajstić information content (AvgIpc) is 2.90. The van der Waals surface area contributed by atoms with Gasteiger partial charge in [-0.15, -0.1) is 11.8 Å². The number of hydrogen-bond donors (Lipinski definition) is 1. The lowest BCUT2D eigenvalue weighted by atomic mass is 10.1. The van der Waals surface area contributed by atoms with E-state index in [2.05, 4.69) is 17.4 Å². The molecule has 1 heterocycles. The van der Waals surface area contributed by atoms with Crippen molar-refractivity contribution in [1.29, 1.82) is 0 Å². The van der Waals surface area contributed by atoms with Gasteiger partial charge in [-0.25, -0.2) is 0 Å². The van der Waals surface area contributed by atoms with Crippen molar-refractivity contribution in [3.63, 3.8) is 0 Å². The van der Waals surface area contributed by atoms with E-state index >= 15 is 0 Å². The van der Waals surface area contributed by atoms with E-state index in [1.54, 1.807) is 6.07 Å². The van der Waals surface area contributed by atoms with Crippen molar-refractivity contribution in [2.24, 2.45) is 0 Å². The van der Waals surface area contributed by atoms with Gasteiger partial charge in [-0.1, -0.05) is 31.2 Å². The van der Waals surface area contributed by atoms with Gasteiger partial charge in [0.05, 0.1) is 11.0 Å².